The van der Waals surface area contributed by atoms with Crippen LogP contribution >= 0.6 is 11.3 Å². The first-order valence-electron chi connectivity index (χ1n) is 7.71. The summed E-state index contributed by atoms with van der Waals surface area (Å²) in [6.07, 6.45) is 3.04. The first-order valence-corrected chi connectivity index (χ1v) is 8.59. The van der Waals surface area contributed by atoms with E-state index in [0.29, 0.717) is 6.04 Å². The first kappa shape index (κ1) is 16.0. The van der Waals surface area contributed by atoms with E-state index in [9.17, 15) is 0 Å². The van der Waals surface area contributed by atoms with E-state index < -0.39 is 0 Å². The second-order valence-electron chi connectivity index (χ2n) is 5.19. The van der Waals surface area contributed by atoms with E-state index in [0.717, 1.165) is 31.9 Å². The lowest BCUT2D eigenvalue weighted by atomic mass is 10.1. The molecule has 4 heteroatoms. The molecule has 2 heterocycles. The molecule has 0 aliphatic carbocycles. The summed E-state index contributed by atoms with van der Waals surface area (Å²) in [6, 6.07) is 8.84. The Bertz CT molecular complexity index is 525. The van der Waals surface area contributed by atoms with Crippen molar-refractivity contribution in [1.82, 2.24) is 10.3 Å². The summed E-state index contributed by atoms with van der Waals surface area (Å²) in [5, 5.41) is 5.70. The van der Waals surface area contributed by atoms with Gasteiger partial charge in [-0.15, -0.1) is 11.3 Å². The summed E-state index contributed by atoms with van der Waals surface area (Å²) in [4.78, 5) is 8.38. The Hall–Kier alpha value is -1.39. The Balaban J connectivity index is 2.20. The van der Waals surface area contributed by atoms with Crippen molar-refractivity contribution in [3.63, 3.8) is 0 Å². The minimum absolute atomic E-state index is 0.325. The van der Waals surface area contributed by atoms with E-state index in [1.165, 1.54) is 10.4 Å². The number of hydrogen-bond donors (Lipinski definition) is 1. The molecule has 0 saturated carbocycles. The maximum atomic E-state index is 4.65. The van der Waals surface area contributed by atoms with E-state index in [2.05, 4.69) is 59.6 Å². The van der Waals surface area contributed by atoms with Gasteiger partial charge in [-0.25, -0.2) is 4.98 Å². The molecule has 1 N–H and O–H groups in total. The summed E-state index contributed by atoms with van der Waals surface area (Å²) < 4.78 is 0. The van der Waals surface area contributed by atoms with Crippen molar-refractivity contribution in [1.29, 1.82) is 0 Å². The number of rotatable bonds is 8. The molecule has 3 nitrogen and oxygen atoms in total. The zero-order chi connectivity index (χ0) is 15.1. The average molecular weight is 303 g/mol. The molecule has 1 atom stereocenters. The Kier molecular flexibility index (Phi) is 6.21. The molecule has 0 radical (unpaired) electrons. The lowest BCUT2D eigenvalue weighted by molar-refractivity contribution is 0.567. The third kappa shape index (κ3) is 4.29. The number of hydrogen-bond acceptors (Lipinski definition) is 4. The number of nitrogens with one attached hydrogen (secondary N) is 1. The topological polar surface area (TPSA) is 28.2 Å². The van der Waals surface area contributed by atoms with Crippen molar-refractivity contribution in [2.45, 2.75) is 39.8 Å². The number of aromatic nitrogens is 1. The van der Waals surface area contributed by atoms with Crippen molar-refractivity contribution in [3.05, 3.63) is 46.3 Å². The van der Waals surface area contributed by atoms with Gasteiger partial charge >= 0.3 is 0 Å². The molecule has 0 bridgehead atoms. The SMILES string of the molecule is CCCNC(C)c1cccnc1N(CC)Cc1cccs1. The summed E-state index contributed by atoms with van der Waals surface area (Å²) >= 11 is 1.80. The minimum Gasteiger partial charge on any atom is -0.351 e. The van der Waals surface area contributed by atoms with Gasteiger partial charge in [-0.05, 0) is 44.3 Å². The molecule has 2 aromatic heterocycles. The molecule has 0 saturated heterocycles. The van der Waals surface area contributed by atoms with Crippen LogP contribution in [0.15, 0.2) is 35.8 Å². The molecular weight excluding hydrogens is 278 g/mol. The maximum absolute atomic E-state index is 4.65. The molecule has 0 aromatic carbocycles. The number of anilines is 1. The third-order valence-electron chi connectivity index (χ3n) is 3.59. The van der Waals surface area contributed by atoms with Gasteiger partial charge in [0.1, 0.15) is 5.82 Å². The van der Waals surface area contributed by atoms with E-state index in [-0.39, 0.29) is 0 Å². The average Bonchev–Trinajstić information content (AvgIpc) is 3.03. The zero-order valence-electron chi connectivity index (χ0n) is 13.2. The second kappa shape index (κ2) is 8.15. The molecule has 2 rings (SSSR count). The lowest BCUT2D eigenvalue weighted by Crippen LogP contribution is -2.27. The molecule has 0 spiro atoms. The van der Waals surface area contributed by atoms with Crippen LogP contribution in [0.4, 0.5) is 5.82 Å². The van der Waals surface area contributed by atoms with Crippen molar-refractivity contribution in [2.24, 2.45) is 0 Å². The van der Waals surface area contributed by atoms with Crippen LogP contribution in [-0.4, -0.2) is 18.1 Å². The van der Waals surface area contributed by atoms with Gasteiger partial charge in [0.15, 0.2) is 0 Å². The van der Waals surface area contributed by atoms with E-state index in [4.69, 9.17) is 0 Å². The Morgan fingerprint density at radius 1 is 1.29 bits per heavy atom. The van der Waals surface area contributed by atoms with Gasteiger partial charge in [0.2, 0.25) is 0 Å². The van der Waals surface area contributed by atoms with E-state index in [1.807, 2.05) is 12.3 Å². The highest BCUT2D eigenvalue weighted by Crippen LogP contribution is 2.26. The first-order chi connectivity index (χ1) is 10.3. The molecule has 0 aliphatic heterocycles. The zero-order valence-corrected chi connectivity index (χ0v) is 14.0. The van der Waals surface area contributed by atoms with Crippen molar-refractivity contribution >= 4 is 17.2 Å². The number of thiophene rings is 1. The number of nitrogens with zero attached hydrogens (tertiary/aromatic N) is 2. The standard InChI is InChI=1S/C17H25N3S/c1-4-10-18-14(3)16-9-6-11-19-17(16)20(5-2)13-15-8-7-12-21-15/h6-9,11-12,14,18H,4-5,10,13H2,1-3H3. The van der Waals surface area contributed by atoms with Gasteiger partial charge in [-0.2, -0.15) is 0 Å². The van der Waals surface area contributed by atoms with Crippen LogP contribution in [0, 0.1) is 0 Å². The van der Waals surface area contributed by atoms with Gasteiger partial charge in [0.05, 0.1) is 6.54 Å². The molecule has 21 heavy (non-hydrogen) atoms. The van der Waals surface area contributed by atoms with Gasteiger partial charge in [-0.1, -0.05) is 19.1 Å². The third-order valence-corrected chi connectivity index (χ3v) is 4.45. The summed E-state index contributed by atoms with van der Waals surface area (Å²) in [7, 11) is 0. The monoisotopic (exact) mass is 303 g/mol. The summed E-state index contributed by atoms with van der Waals surface area (Å²) in [6.45, 7) is 9.53. The summed E-state index contributed by atoms with van der Waals surface area (Å²) in [5.41, 5.74) is 1.28. The van der Waals surface area contributed by atoms with Gasteiger partial charge in [-0.3, -0.25) is 0 Å². The van der Waals surface area contributed by atoms with Gasteiger partial charge in [0, 0.05) is 29.2 Å². The van der Waals surface area contributed by atoms with Crippen molar-refractivity contribution in [2.75, 3.05) is 18.0 Å². The van der Waals surface area contributed by atoms with Crippen molar-refractivity contribution < 1.29 is 0 Å². The van der Waals surface area contributed by atoms with E-state index in [1.54, 1.807) is 11.3 Å². The minimum atomic E-state index is 0.325. The Labute approximate surface area is 132 Å². The Morgan fingerprint density at radius 2 is 2.14 bits per heavy atom. The van der Waals surface area contributed by atoms with Crippen LogP contribution in [0.5, 0.6) is 0 Å². The maximum Gasteiger partial charge on any atom is 0.133 e. The van der Waals surface area contributed by atoms with Crippen molar-refractivity contribution in [3.8, 4) is 0 Å². The predicted molar refractivity (Wildman–Crippen MR) is 92.0 cm³/mol. The fourth-order valence-electron chi connectivity index (χ4n) is 2.41. The Morgan fingerprint density at radius 3 is 2.81 bits per heavy atom. The second-order valence-corrected chi connectivity index (χ2v) is 6.22. The van der Waals surface area contributed by atoms with Crippen LogP contribution in [0.3, 0.4) is 0 Å². The highest BCUT2D eigenvalue weighted by molar-refractivity contribution is 7.09. The normalized spacial score (nSPS) is 12.3. The molecule has 0 aliphatic rings. The lowest BCUT2D eigenvalue weighted by Gasteiger charge is -2.26. The smallest absolute Gasteiger partial charge is 0.133 e. The highest BCUT2D eigenvalue weighted by Gasteiger charge is 2.16. The van der Waals surface area contributed by atoms with Crippen LogP contribution in [-0.2, 0) is 6.54 Å². The fraction of sp³-hybridized carbons (Fsp3) is 0.471. The largest absolute Gasteiger partial charge is 0.351 e. The molecule has 1 unspecified atom stereocenters. The molecular formula is C17H25N3S. The van der Waals surface area contributed by atoms with Crippen LogP contribution < -0.4 is 10.2 Å². The van der Waals surface area contributed by atoms with Gasteiger partial charge < -0.3 is 10.2 Å². The predicted octanol–water partition coefficient (Wildman–Crippen LogP) is 4.23. The fourth-order valence-corrected chi connectivity index (χ4v) is 3.13. The van der Waals surface area contributed by atoms with Crippen LogP contribution in [0.25, 0.3) is 0 Å². The van der Waals surface area contributed by atoms with Gasteiger partial charge in [0.25, 0.3) is 0 Å². The highest BCUT2D eigenvalue weighted by atomic mass is 32.1. The van der Waals surface area contributed by atoms with Crippen LogP contribution in [0.2, 0.25) is 0 Å². The molecule has 0 amide bonds. The molecule has 2 aromatic rings. The quantitative estimate of drug-likeness (QED) is 0.791. The number of pyridine rings is 1. The van der Waals surface area contributed by atoms with Crippen LogP contribution in [0.1, 0.15) is 43.7 Å². The molecule has 0 fully saturated rings. The van der Waals surface area contributed by atoms with E-state index >= 15 is 0 Å². The molecule has 114 valence electrons. The summed E-state index contributed by atoms with van der Waals surface area (Å²) in [5.74, 6) is 1.10.